The van der Waals surface area contributed by atoms with Gasteiger partial charge in [0, 0.05) is 11.8 Å². The molecule has 7 nitrogen and oxygen atoms in total. The van der Waals surface area contributed by atoms with Crippen LogP contribution in [0.2, 0.25) is 0 Å². The molecule has 0 aliphatic heterocycles. The number of nitrogens with zero attached hydrogens (tertiary/aromatic N) is 2. The number of nitriles is 1. The Labute approximate surface area is 180 Å². The van der Waals surface area contributed by atoms with Crippen LogP contribution >= 0.6 is 0 Å². The summed E-state index contributed by atoms with van der Waals surface area (Å²) in [6.07, 6.45) is 4.32. The minimum atomic E-state index is -4.13. The highest BCUT2D eigenvalue weighted by Crippen LogP contribution is 2.40. The van der Waals surface area contributed by atoms with E-state index in [1.807, 2.05) is 6.07 Å². The van der Waals surface area contributed by atoms with Crippen molar-refractivity contribution >= 4 is 21.7 Å². The fourth-order valence-electron chi connectivity index (χ4n) is 3.60. The van der Waals surface area contributed by atoms with Crippen LogP contribution in [0.1, 0.15) is 46.7 Å². The Hall–Kier alpha value is -3.70. The maximum atomic E-state index is 13.4. The number of carbonyl (C=O) groups is 1. The van der Waals surface area contributed by atoms with Gasteiger partial charge in [0.1, 0.15) is 0 Å². The topological polar surface area (TPSA) is 120 Å². The van der Waals surface area contributed by atoms with Crippen LogP contribution in [0.25, 0.3) is 11.3 Å². The summed E-state index contributed by atoms with van der Waals surface area (Å²) in [4.78, 5) is 15.7. The molecule has 8 heteroatoms. The first kappa shape index (κ1) is 20.6. The van der Waals surface area contributed by atoms with Crippen molar-refractivity contribution in [2.75, 3.05) is 4.72 Å². The number of hydrogen-bond donors (Lipinski definition) is 2. The normalized spacial score (nSPS) is 13.8. The van der Waals surface area contributed by atoms with E-state index in [0.29, 0.717) is 16.8 Å². The quantitative estimate of drug-likeness (QED) is 0.595. The molecule has 3 aromatic rings. The van der Waals surface area contributed by atoms with E-state index in [9.17, 15) is 23.6 Å². The average Bonchev–Trinajstić information content (AvgIpc) is 2.73. The van der Waals surface area contributed by atoms with Crippen LogP contribution in [-0.2, 0) is 10.0 Å². The summed E-state index contributed by atoms with van der Waals surface area (Å²) in [6, 6.07) is 16.2. The van der Waals surface area contributed by atoms with Crippen molar-refractivity contribution in [3.63, 3.8) is 0 Å². The number of benzene rings is 2. The van der Waals surface area contributed by atoms with Crippen molar-refractivity contribution in [2.45, 2.75) is 30.1 Å². The molecule has 4 rings (SSSR count). The summed E-state index contributed by atoms with van der Waals surface area (Å²) in [5, 5.41) is 18.7. The predicted molar refractivity (Wildman–Crippen MR) is 115 cm³/mol. The third-order valence-electron chi connectivity index (χ3n) is 5.43. The zero-order chi connectivity index (χ0) is 22.0. The number of hydrogen-bond acceptors (Lipinski definition) is 5. The lowest BCUT2D eigenvalue weighted by Crippen LogP contribution is -2.20. The van der Waals surface area contributed by atoms with Gasteiger partial charge in [0.05, 0.1) is 33.5 Å². The molecule has 2 aromatic carbocycles. The van der Waals surface area contributed by atoms with Crippen LogP contribution in [-0.4, -0.2) is 24.5 Å². The number of anilines is 1. The monoisotopic (exact) mass is 433 g/mol. The highest BCUT2D eigenvalue weighted by atomic mass is 32.2. The van der Waals surface area contributed by atoms with Gasteiger partial charge in [-0.15, -0.1) is 0 Å². The molecule has 0 radical (unpaired) electrons. The van der Waals surface area contributed by atoms with Gasteiger partial charge in [-0.3, -0.25) is 9.71 Å². The maximum Gasteiger partial charge on any atom is 0.335 e. The lowest BCUT2D eigenvalue weighted by atomic mass is 9.80. The maximum absolute atomic E-state index is 13.4. The Balaban J connectivity index is 1.82. The molecule has 1 heterocycles. The molecule has 0 amide bonds. The number of aromatic carboxylic acids is 1. The Bertz CT molecular complexity index is 1290. The minimum Gasteiger partial charge on any atom is -0.478 e. The van der Waals surface area contributed by atoms with E-state index >= 15 is 0 Å². The molecule has 0 atom stereocenters. The van der Waals surface area contributed by atoms with Gasteiger partial charge in [0.15, 0.2) is 0 Å². The van der Waals surface area contributed by atoms with Gasteiger partial charge < -0.3 is 5.11 Å². The zero-order valence-electron chi connectivity index (χ0n) is 16.4. The minimum absolute atomic E-state index is 0.0496. The van der Waals surface area contributed by atoms with Crippen molar-refractivity contribution in [3.8, 4) is 17.3 Å². The summed E-state index contributed by atoms with van der Waals surface area (Å²) in [7, 11) is -4.13. The Morgan fingerprint density at radius 3 is 2.55 bits per heavy atom. The highest BCUT2D eigenvalue weighted by Gasteiger charge is 2.29. The molecule has 1 saturated carbocycles. The van der Waals surface area contributed by atoms with Crippen LogP contribution in [0.3, 0.4) is 0 Å². The van der Waals surface area contributed by atoms with Crippen molar-refractivity contribution in [1.82, 2.24) is 4.98 Å². The van der Waals surface area contributed by atoms with E-state index in [0.717, 1.165) is 19.3 Å². The lowest BCUT2D eigenvalue weighted by molar-refractivity contribution is 0.0696. The van der Waals surface area contributed by atoms with Crippen molar-refractivity contribution in [2.24, 2.45) is 0 Å². The number of carboxylic acid groups (broad SMARTS) is 1. The predicted octanol–water partition coefficient (Wildman–Crippen LogP) is 4.39. The molecule has 1 aliphatic rings. The third kappa shape index (κ3) is 4.13. The second-order valence-electron chi connectivity index (χ2n) is 7.38. The largest absolute Gasteiger partial charge is 0.478 e. The number of carboxylic acids is 1. The molecule has 1 fully saturated rings. The average molecular weight is 433 g/mol. The Morgan fingerprint density at radius 2 is 1.94 bits per heavy atom. The van der Waals surface area contributed by atoms with E-state index in [-0.39, 0.29) is 27.6 Å². The standard InChI is InChI=1S/C23H19N3O4S/c24-14-15-7-9-19(20-6-1-2-11-25-20)21(12-15)26-31(29,30)22-13-17(23(27)28)8-10-18(22)16-4-3-5-16/h1-2,6-13,16,26H,3-5H2,(H,27,28). The van der Waals surface area contributed by atoms with E-state index in [1.165, 1.54) is 18.2 Å². The first-order valence-corrected chi connectivity index (χ1v) is 11.2. The number of aromatic nitrogens is 1. The van der Waals surface area contributed by atoms with E-state index in [4.69, 9.17) is 0 Å². The van der Waals surface area contributed by atoms with Crippen LogP contribution < -0.4 is 4.72 Å². The number of pyridine rings is 1. The fraction of sp³-hybridized carbons (Fsp3) is 0.174. The summed E-state index contributed by atoms with van der Waals surface area (Å²) >= 11 is 0. The van der Waals surface area contributed by atoms with Crippen molar-refractivity contribution < 1.29 is 18.3 Å². The Kier molecular flexibility index (Phi) is 5.44. The van der Waals surface area contributed by atoms with E-state index in [1.54, 1.807) is 42.6 Å². The van der Waals surface area contributed by atoms with Crippen LogP contribution in [0.5, 0.6) is 0 Å². The molecular formula is C23H19N3O4S. The van der Waals surface area contributed by atoms with Gasteiger partial charge >= 0.3 is 5.97 Å². The molecule has 0 saturated heterocycles. The zero-order valence-corrected chi connectivity index (χ0v) is 17.3. The van der Waals surface area contributed by atoms with E-state index in [2.05, 4.69) is 9.71 Å². The van der Waals surface area contributed by atoms with Crippen LogP contribution in [0.4, 0.5) is 5.69 Å². The molecule has 0 bridgehead atoms. The molecule has 31 heavy (non-hydrogen) atoms. The number of rotatable bonds is 6. The summed E-state index contributed by atoms with van der Waals surface area (Å²) in [5.41, 5.74) is 2.07. The van der Waals surface area contributed by atoms with Gasteiger partial charge in [-0.25, -0.2) is 13.2 Å². The number of sulfonamides is 1. The second-order valence-corrected chi connectivity index (χ2v) is 9.03. The first-order chi connectivity index (χ1) is 14.9. The summed E-state index contributed by atoms with van der Waals surface area (Å²) in [6.45, 7) is 0. The molecular weight excluding hydrogens is 414 g/mol. The van der Waals surface area contributed by atoms with Gasteiger partial charge in [-0.2, -0.15) is 5.26 Å². The summed E-state index contributed by atoms with van der Waals surface area (Å²) < 4.78 is 29.4. The molecule has 0 spiro atoms. The van der Waals surface area contributed by atoms with Crippen molar-refractivity contribution in [3.05, 3.63) is 77.5 Å². The smallest absolute Gasteiger partial charge is 0.335 e. The Morgan fingerprint density at radius 1 is 1.13 bits per heavy atom. The van der Waals surface area contributed by atoms with Crippen LogP contribution in [0, 0.1) is 11.3 Å². The lowest BCUT2D eigenvalue weighted by Gasteiger charge is -2.28. The van der Waals surface area contributed by atoms with Gasteiger partial charge in [0.25, 0.3) is 10.0 Å². The van der Waals surface area contributed by atoms with Crippen molar-refractivity contribution in [1.29, 1.82) is 5.26 Å². The third-order valence-corrected chi connectivity index (χ3v) is 6.85. The molecule has 0 unspecified atom stereocenters. The molecule has 2 N–H and O–H groups in total. The van der Waals surface area contributed by atoms with E-state index < -0.39 is 16.0 Å². The highest BCUT2D eigenvalue weighted by molar-refractivity contribution is 7.92. The first-order valence-electron chi connectivity index (χ1n) is 9.74. The number of nitrogens with one attached hydrogen (secondary N) is 1. The second kappa shape index (κ2) is 8.20. The molecule has 1 aliphatic carbocycles. The van der Waals surface area contributed by atoms with Crippen LogP contribution in [0.15, 0.2) is 65.7 Å². The van der Waals surface area contributed by atoms with Gasteiger partial charge in [-0.05, 0) is 66.8 Å². The van der Waals surface area contributed by atoms with Gasteiger partial charge in [0.2, 0.25) is 0 Å². The molecule has 1 aromatic heterocycles. The van der Waals surface area contributed by atoms with Gasteiger partial charge in [-0.1, -0.05) is 18.6 Å². The fourth-order valence-corrected chi connectivity index (χ4v) is 5.00. The SMILES string of the molecule is N#Cc1ccc(-c2ccccn2)c(NS(=O)(=O)c2cc(C(=O)O)ccc2C2CCC2)c1. The summed E-state index contributed by atoms with van der Waals surface area (Å²) in [5.74, 6) is -1.12. The molecule has 156 valence electrons.